The van der Waals surface area contributed by atoms with Gasteiger partial charge in [0.25, 0.3) is 0 Å². The van der Waals surface area contributed by atoms with Crippen LogP contribution in [0.1, 0.15) is 5.56 Å². The molecule has 64 valence electrons. The number of thiophene rings is 1. The smallest absolute Gasteiger partial charge is 0.100 e. The minimum atomic E-state index is 0.735. The molecule has 0 radical (unpaired) electrons. The van der Waals surface area contributed by atoms with Crippen molar-refractivity contribution in [3.63, 3.8) is 0 Å². The second-order valence-electron chi connectivity index (χ2n) is 2.50. The van der Waals surface area contributed by atoms with Crippen molar-refractivity contribution in [2.24, 2.45) is 0 Å². The maximum Gasteiger partial charge on any atom is 0.100 e. The van der Waals surface area contributed by atoms with Crippen LogP contribution in [-0.2, 0) is 0 Å². The molecule has 0 aliphatic rings. The van der Waals surface area contributed by atoms with Gasteiger partial charge in [0.1, 0.15) is 6.07 Å². The third-order valence-corrected chi connectivity index (χ3v) is 5.61. The molecular weight excluding hydrogens is 361 g/mol. The Morgan fingerprint density at radius 3 is 3.00 bits per heavy atom. The molecule has 0 unspecified atom stereocenters. The highest BCUT2D eigenvalue weighted by atomic mass is 127. The van der Waals surface area contributed by atoms with Crippen molar-refractivity contribution in [1.29, 1.82) is 5.26 Å². The Balaban J connectivity index is 2.94. The van der Waals surface area contributed by atoms with Crippen LogP contribution in [0.4, 0.5) is 0 Å². The van der Waals surface area contributed by atoms with Gasteiger partial charge < -0.3 is 0 Å². The minimum absolute atomic E-state index is 0.735. The van der Waals surface area contributed by atoms with Gasteiger partial charge in [0.2, 0.25) is 0 Å². The lowest BCUT2D eigenvalue weighted by atomic mass is 10.2. The summed E-state index contributed by atoms with van der Waals surface area (Å²) >= 11 is 7.38. The largest absolute Gasteiger partial charge is 0.192 e. The van der Waals surface area contributed by atoms with Gasteiger partial charge in [-0.3, -0.25) is 0 Å². The lowest BCUT2D eigenvalue weighted by Gasteiger charge is -2.00. The van der Waals surface area contributed by atoms with Crippen LogP contribution in [0.3, 0.4) is 0 Å². The third-order valence-electron chi connectivity index (χ3n) is 1.74. The summed E-state index contributed by atoms with van der Waals surface area (Å²) in [7, 11) is 0. The van der Waals surface area contributed by atoms with Crippen LogP contribution in [-0.4, -0.2) is 0 Å². The van der Waals surface area contributed by atoms with Crippen LogP contribution in [0.15, 0.2) is 22.0 Å². The van der Waals surface area contributed by atoms with Gasteiger partial charge in [0.05, 0.1) is 10.0 Å². The van der Waals surface area contributed by atoms with E-state index in [9.17, 15) is 0 Å². The quantitative estimate of drug-likeness (QED) is 0.645. The number of hydrogen-bond acceptors (Lipinski definition) is 2. The van der Waals surface area contributed by atoms with Crippen LogP contribution in [0.5, 0.6) is 0 Å². The number of fused-ring (bicyclic) bond motifs is 1. The van der Waals surface area contributed by atoms with Crippen molar-refractivity contribution in [2.75, 3.05) is 0 Å². The highest BCUT2D eigenvalue weighted by Crippen LogP contribution is 2.34. The van der Waals surface area contributed by atoms with Gasteiger partial charge in [0.15, 0.2) is 0 Å². The molecule has 0 aliphatic heterocycles. The molecule has 0 aliphatic carbocycles. The molecule has 0 fully saturated rings. The zero-order valence-electron chi connectivity index (χ0n) is 6.34. The van der Waals surface area contributed by atoms with Crippen LogP contribution >= 0.6 is 49.9 Å². The van der Waals surface area contributed by atoms with Gasteiger partial charge in [-0.1, -0.05) is 0 Å². The Morgan fingerprint density at radius 1 is 1.54 bits per heavy atom. The molecule has 1 aromatic heterocycles. The standard InChI is InChI=1S/C9H3BrINS/c10-7-8(11)6(4-12)3-5-1-2-13-9(5)7/h1-3H. The zero-order chi connectivity index (χ0) is 9.42. The number of nitriles is 1. The van der Waals surface area contributed by atoms with Gasteiger partial charge in [-0.15, -0.1) is 11.3 Å². The van der Waals surface area contributed by atoms with Crippen LogP contribution < -0.4 is 0 Å². The fourth-order valence-corrected chi connectivity index (χ4v) is 3.40. The van der Waals surface area contributed by atoms with E-state index in [1.807, 2.05) is 17.5 Å². The summed E-state index contributed by atoms with van der Waals surface area (Å²) in [4.78, 5) is 0. The molecule has 0 N–H and O–H groups in total. The van der Waals surface area contributed by atoms with E-state index >= 15 is 0 Å². The number of rotatable bonds is 0. The molecule has 4 heteroatoms. The molecule has 13 heavy (non-hydrogen) atoms. The van der Waals surface area contributed by atoms with Crippen molar-refractivity contribution < 1.29 is 0 Å². The molecule has 0 saturated heterocycles. The monoisotopic (exact) mass is 363 g/mol. The maximum atomic E-state index is 8.87. The third kappa shape index (κ3) is 1.49. The summed E-state index contributed by atoms with van der Waals surface area (Å²) < 4.78 is 3.25. The van der Waals surface area contributed by atoms with Crippen molar-refractivity contribution in [3.05, 3.63) is 31.1 Å². The Labute approximate surface area is 102 Å². The normalized spacial score (nSPS) is 10.2. The number of nitrogens with zero attached hydrogens (tertiary/aromatic N) is 1. The van der Waals surface area contributed by atoms with E-state index in [1.165, 1.54) is 4.70 Å². The Morgan fingerprint density at radius 2 is 2.31 bits per heavy atom. The number of halogens is 2. The Bertz CT molecular complexity index is 512. The molecule has 1 aromatic carbocycles. The summed E-state index contributed by atoms with van der Waals surface area (Å²) in [5.74, 6) is 0. The topological polar surface area (TPSA) is 23.8 Å². The minimum Gasteiger partial charge on any atom is -0.192 e. The summed E-state index contributed by atoms with van der Waals surface area (Å²) in [6.45, 7) is 0. The first-order valence-corrected chi connectivity index (χ1v) is 6.24. The fraction of sp³-hybridized carbons (Fsp3) is 0. The van der Waals surface area contributed by atoms with Crippen molar-refractivity contribution in [2.45, 2.75) is 0 Å². The molecule has 2 aromatic rings. The van der Waals surface area contributed by atoms with Gasteiger partial charge in [-0.2, -0.15) is 5.26 Å². The van der Waals surface area contributed by atoms with E-state index < -0.39 is 0 Å². The van der Waals surface area contributed by atoms with E-state index in [-0.39, 0.29) is 0 Å². The van der Waals surface area contributed by atoms with Gasteiger partial charge in [-0.25, -0.2) is 0 Å². The van der Waals surface area contributed by atoms with E-state index in [2.05, 4.69) is 44.6 Å². The second-order valence-corrected chi connectivity index (χ2v) is 5.29. The van der Waals surface area contributed by atoms with Crippen molar-refractivity contribution >= 4 is 59.9 Å². The highest BCUT2D eigenvalue weighted by molar-refractivity contribution is 14.1. The number of hydrogen-bond donors (Lipinski definition) is 0. The second kappa shape index (κ2) is 3.56. The lowest BCUT2D eigenvalue weighted by Crippen LogP contribution is -1.82. The first-order chi connectivity index (χ1) is 6.24. The molecule has 0 saturated carbocycles. The van der Waals surface area contributed by atoms with Gasteiger partial charge in [0, 0.05) is 8.27 Å². The van der Waals surface area contributed by atoms with Gasteiger partial charge in [-0.05, 0) is 61.4 Å². The molecule has 0 spiro atoms. The highest BCUT2D eigenvalue weighted by Gasteiger charge is 2.09. The Hall–Kier alpha value is -0.120. The van der Waals surface area contributed by atoms with E-state index in [0.717, 1.165) is 19.0 Å². The number of benzene rings is 1. The Kier molecular flexibility index (Phi) is 2.58. The van der Waals surface area contributed by atoms with E-state index in [0.29, 0.717) is 0 Å². The molecule has 1 nitrogen and oxygen atoms in total. The summed E-state index contributed by atoms with van der Waals surface area (Å²) in [6, 6.07) is 6.14. The van der Waals surface area contributed by atoms with Gasteiger partial charge >= 0.3 is 0 Å². The van der Waals surface area contributed by atoms with Crippen LogP contribution in [0.25, 0.3) is 10.1 Å². The maximum absolute atomic E-state index is 8.87. The first-order valence-electron chi connectivity index (χ1n) is 3.49. The fourth-order valence-electron chi connectivity index (χ4n) is 1.13. The van der Waals surface area contributed by atoms with Crippen molar-refractivity contribution in [3.8, 4) is 6.07 Å². The predicted octanol–water partition coefficient (Wildman–Crippen LogP) is 4.14. The summed E-state index contributed by atoms with van der Waals surface area (Å²) in [6.07, 6.45) is 0. The van der Waals surface area contributed by atoms with Crippen LogP contribution in [0.2, 0.25) is 0 Å². The molecule has 0 atom stereocenters. The van der Waals surface area contributed by atoms with Crippen LogP contribution in [0, 0.1) is 14.9 Å². The molecule has 0 amide bonds. The summed E-state index contributed by atoms with van der Waals surface area (Å²) in [5, 5.41) is 12.0. The zero-order valence-corrected chi connectivity index (χ0v) is 10.9. The lowest BCUT2D eigenvalue weighted by molar-refractivity contribution is 1.47. The molecule has 0 bridgehead atoms. The van der Waals surface area contributed by atoms with E-state index in [4.69, 9.17) is 5.26 Å². The molecule has 2 rings (SSSR count). The molecule has 1 heterocycles. The first kappa shape index (κ1) is 9.44. The van der Waals surface area contributed by atoms with Crippen molar-refractivity contribution in [1.82, 2.24) is 0 Å². The summed E-state index contributed by atoms with van der Waals surface area (Å²) in [5.41, 5.74) is 0.735. The molecular formula is C9H3BrINS. The SMILES string of the molecule is N#Cc1cc2ccsc2c(Br)c1I. The average Bonchev–Trinajstić information content (AvgIpc) is 2.59. The van der Waals surface area contributed by atoms with E-state index in [1.54, 1.807) is 11.3 Å². The predicted molar refractivity (Wildman–Crippen MR) is 67.0 cm³/mol. The average molecular weight is 364 g/mol.